The highest BCUT2D eigenvalue weighted by atomic mass is 32.1. The first kappa shape index (κ1) is 20.1. The average molecular weight is 423 g/mol. The first-order valence-corrected chi connectivity index (χ1v) is 10.5. The van der Waals surface area contributed by atoms with Gasteiger partial charge in [0.15, 0.2) is 0 Å². The summed E-state index contributed by atoms with van der Waals surface area (Å²) in [4.78, 5) is 27.4. The highest BCUT2D eigenvalue weighted by Crippen LogP contribution is 2.37. The number of ether oxygens (including phenoxy) is 1. The molecule has 1 amide bonds. The van der Waals surface area contributed by atoms with Gasteiger partial charge in [-0.1, -0.05) is 60.7 Å². The number of amides is 1. The lowest BCUT2D eigenvalue weighted by atomic mass is 10.0. The molecule has 2 heterocycles. The zero-order chi connectivity index (χ0) is 20.9. The largest absolute Gasteiger partial charge is 0.478 e. The fourth-order valence-corrected chi connectivity index (χ4v) is 4.87. The van der Waals surface area contributed by atoms with Crippen molar-refractivity contribution in [3.05, 3.63) is 87.8 Å². The van der Waals surface area contributed by atoms with Gasteiger partial charge in [0.25, 0.3) is 0 Å². The summed E-state index contributed by atoms with van der Waals surface area (Å²) in [5.41, 5.74) is 3.09. The van der Waals surface area contributed by atoms with Crippen LogP contribution >= 0.6 is 11.3 Å². The van der Waals surface area contributed by atoms with Gasteiger partial charge in [-0.3, -0.25) is 10.2 Å². The third kappa shape index (κ3) is 4.69. The van der Waals surface area contributed by atoms with Crippen molar-refractivity contribution in [2.24, 2.45) is 0 Å². The van der Waals surface area contributed by atoms with Gasteiger partial charge in [-0.2, -0.15) is 0 Å². The van der Waals surface area contributed by atoms with Crippen molar-refractivity contribution in [1.29, 1.82) is 0 Å². The van der Waals surface area contributed by atoms with E-state index in [-0.39, 0.29) is 12.2 Å². The van der Waals surface area contributed by atoms with E-state index in [4.69, 9.17) is 4.74 Å². The Bertz CT molecular complexity index is 1030. The fourth-order valence-electron chi connectivity index (χ4n) is 3.60. The zero-order valence-corrected chi connectivity index (χ0v) is 17.2. The number of hydrogen-bond donors (Lipinski definition) is 2. The van der Waals surface area contributed by atoms with Crippen LogP contribution in [0.3, 0.4) is 0 Å². The molecule has 0 atom stereocenters. The van der Waals surface area contributed by atoms with E-state index in [1.54, 1.807) is 0 Å². The van der Waals surface area contributed by atoms with Gasteiger partial charge in [0.1, 0.15) is 11.6 Å². The van der Waals surface area contributed by atoms with Crippen LogP contribution in [0.2, 0.25) is 0 Å². The third-order valence-electron chi connectivity index (χ3n) is 5.03. The van der Waals surface area contributed by atoms with E-state index >= 15 is 0 Å². The minimum Gasteiger partial charge on any atom is -0.478 e. The van der Waals surface area contributed by atoms with Crippen molar-refractivity contribution in [3.8, 4) is 0 Å². The summed E-state index contributed by atoms with van der Waals surface area (Å²) < 4.78 is 5.25. The van der Waals surface area contributed by atoms with Crippen molar-refractivity contribution in [3.63, 3.8) is 0 Å². The Balaban J connectivity index is 1.45. The molecule has 2 aromatic carbocycles. The highest BCUT2D eigenvalue weighted by molar-refractivity contribution is 7.17. The van der Waals surface area contributed by atoms with Gasteiger partial charge in [-0.15, -0.1) is 11.3 Å². The van der Waals surface area contributed by atoms with Gasteiger partial charge >= 0.3 is 12.1 Å². The third-order valence-corrected chi connectivity index (χ3v) is 6.16. The molecule has 4 rings (SSSR count). The molecule has 154 valence electrons. The number of fused-ring (bicyclic) bond motifs is 1. The van der Waals surface area contributed by atoms with Gasteiger partial charge in [0, 0.05) is 24.5 Å². The molecular formula is C23H22N2O4S. The maximum Gasteiger partial charge on any atom is 0.412 e. The van der Waals surface area contributed by atoms with Crippen molar-refractivity contribution < 1.29 is 19.4 Å². The number of nitrogens with one attached hydrogen (secondary N) is 1. The number of rotatable bonds is 6. The van der Waals surface area contributed by atoms with E-state index in [0.29, 0.717) is 18.0 Å². The lowest BCUT2D eigenvalue weighted by Gasteiger charge is -2.26. The number of hydrogen-bond acceptors (Lipinski definition) is 5. The van der Waals surface area contributed by atoms with Crippen molar-refractivity contribution in [2.45, 2.75) is 26.1 Å². The van der Waals surface area contributed by atoms with E-state index in [9.17, 15) is 14.7 Å². The molecule has 0 unspecified atom stereocenters. The summed E-state index contributed by atoms with van der Waals surface area (Å²) in [6.07, 6.45) is -0.0118. The normalized spacial score (nSPS) is 13.5. The number of benzene rings is 2. The SMILES string of the molecule is O=C(Nc1sc2c(c1C(=O)O)CCN(Cc1ccccc1)C2)OCc1ccccc1. The van der Waals surface area contributed by atoms with E-state index in [1.165, 1.54) is 16.9 Å². The summed E-state index contributed by atoms with van der Waals surface area (Å²) in [5, 5.41) is 12.7. The predicted octanol–water partition coefficient (Wildman–Crippen LogP) is 4.75. The summed E-state index contributed by atoms with van der Waals surface area (Å²) in [7, 11) is 0. The first-order valence-electron chi connectivity index (χ1n) is 9.72. The standard InChI is InChI=1S/C23H22N2O4S/c26-22(27)20-18-11-12-25(13-16-7-3-1-4-8-16)14-19(18)30-21(20)24-23(28)29-15-17-9-5-2-6-10-17/h1-10H,11-15H2,(H,24,28)(H,26,27). The number of carbonyl (C=O) groups is 2. The second kappa shape index (κ2) is 9.11. The van der Waals surface area contributed by atoms with Crippen LogP contribution in [0.1, 0.15) is 31.9 Å². The van der Waals surface area contributed by atoms with Gasteiger partial charge in [0.2, 0.25) is 0 Å². The molecule has 0 aliphatic carbocycles. The Morgan fingerprint density at radius 3 is 2.37 bits per heavy atom. The molecule has 1 aliphatic rings. The number of carboxylic acids is 1. The van der Waals surface area contributed by atoms with E-state index < -0.39 is 12.1 Å². The molecule has 2 N–H and O–H groups in total. The minimum absolute atomic E-state index is 0.130. The molecule has 0 bridgehead atoms. The van der Waals surface area contributed by atoms with Crippen LogP contribution in [0.25, 0.3) is 0 Å². The molecule has 7 heteroatoms. The monoisotopic (exact) mass is 422 g/mol. The second-order valence-electron chi connectivity index (χ2n) is 7.15. The molecule has 30 heavy (non-hydrogen) atoms. The first-order chi connectivity index (χ1) is 14.6. The van der Waals surface area contributed by atoms with Crippen LogP contribution in [0, 0.1) is 0 Å². The maximum absolute atomic E-state index is 12.2. The molecule has 0 spiro atoms. The summed E-state index contributed by atoms with van der Waals surface area (Å²) in [5.74, 6) is -1.03. The number of thiophene rings is 1. The highest BCUT2D eigenvalue weighted by Gasteiger charge is 2.28. The summed E-state index contributed by atoms with van der Waals surface area (Å²) >= 11 is 1.32. The van der Waals surface area contributed by atoms with Crippen LogP contribution in [-0.2, 0) is 30.9 Å². The van der Waals surface area contributed by atoms with Gasteiger partial charge in [-0.05, 0) is 23.1 Å². The Morgan fingerprint density at radius 2 is 1.70 bits per heavy atom. The number of anilines is 1. The number of aromatic carboxylic acids is 1. The molecule has 0 radical (unpaired) electrons. The van der Waals surface area contributed by atoms with E-state index in [1.807, 2.05) is 48.5 Å². The second-order valence-corrected chi connectivity index (χ2v) is 8.25. The Hall–Kier alpha value is -3.16. The molecule has 1 aliphatic heterocycles. The molecule has 0 saturated carbocycles. The minimum atomic E-state index is -1.03. The molecule has 1 aromatic heterocycles. The lowest BCUT2D eigenvalue weighted by Crippen LogP contribution is -2.29. The number of nitrogens with zero attached hydrogens (tertiary/aromatic N) is 1. The fraction of sp³-hybridized carbons (Fsp3) is 0.217. The molecular weight excluding hydrogens is 400 g/mol. The van der Waals surface area contributed by atoms with Crippen molar-refractivity contribution in [2.75, 3.05) is 11.9 Å². The molecule has 3 aromatic rings. The van der Waals surface area contributed by atoms with Crippen LogP contribution < -0.4 is 5.32 Å². The van der Waals surface area contributed by atoms with Crippen molar-refractivity contribution in [1.82, 2.24) is 4.90 Å². The van der Waals surface area contributed by atoms with Crippen molar-refractivity contribution >= 4 is 28.4 Å². The van der Waals surface area contributed by atoms with Crippen LogP contribution in [0.5, 0.6) is 0 Å². The van der Waals surface area contributed by atoms with Gasteiger partial charge < -0.3 is 9.84 Å². The topological polar surface area (TPSA) is 78.9 Å². The Morgan fingerprint density at radius 1 is 1.03 bits per heavy atom. The zero-order valence-electron chi connectivity index (χ0n) is 16.3. The lowest BCUT2D eigenvalue weighted by molar-refractivity contribution is 0.0696. The quantitative estimate of drug-likeness (QED) is 0.599. The van der Waals surface area contributed by atoms with Gasteiger partial charge in [-0.25, -0.2) is 9.59 Å². The van der Waals surface area contributed by atoms with Crippen LogP contribution in [0.15, 0.2) is 60.7 Å². The maximum atomic E-state index is 12.2. The van der Waals surface area contributed by atoms with Gasteiger partial charge in [0.05, 0.1) is 5.56 Å². The predicted molar refractivity (Wildman–Crippen MR) is 116 cm³/mol. The van der Waals surface area contributed by atoms with Crippen LogP contribution in [0.4, 0.5) is 9.80 Å². The summed E-state index contributed by atoms with van der Waals surface area (Å²) in [6.45, 7) is 2.38. The van der Waals surface area contributed by atoms with E-state index in [0.717, 1.165) is 29.1 Å². The Labute approximate surface area is 178 Å². The molecule has 6 nitrogen and oxygen atoms in total. The number of carbonyl (C=O) groups excluding carboxylic acids is 1. The summed E-state index contributed by atoms with van der Waals surface area (Å²) in [6, 6.07) is 19.5. The molecule has 0 fully saturated rings. The number of carboxylic acid groups (broad SMARTS) is 1. The average Bonchev–Trinajstić information content (AvgIpc) is 3.11. The van der Waals surface area contributed by atoms with Crippen LogP contribution in [-0.4, -0.2) is 28.6 Å². The molecule has 0 saturated heterocycles. The smallest absolute Gasteiger partial charge is 0.412 e. The Kier molecular flexibility index (Phi) is 6.11. The van der Waals surface area contributed by atoms with E-state index in [2.05, 4.69) is 22.3 Å².